The van der Waals surface area contributed by atoms with Gasteiger partial charge in [0.15, 0.2) is 0 Å². The number of aromatic amines is 1. The van der Waals surface area contributed by atoms with Crippen LogP contribution in [0.1, 0.15) is 32.5 Å². The lowest BCUT2D eigenvalue weighted by molar-refractivity contribution is 0.0835. The number of aromatic nitrogens is 1. The van der Waals surface area contributed by atoms with Gasteiger partial charge in [-0.1, -0.05) is 20.8 Å². The number of halogens is 2. The minimum absolute atomic E-state index is 0. The average molecular weight is 294 g/mol. The number of nitrogens with one attached hydrogen (secondary N) is 2. The summed E-state index contributed by atoms with van der Waals surface area (Å²) in [7, 11) is 0. The topological polar surface area (TPSA) is 31.1 Å². The van der Waals surface area contributed by atoms with Crippen LogP contribution in [-0.2, 0) is 0 Å². The number of hydrogen-bond acceptors (Lipinski definition) is 2. The summed E-state index contributed by atoms with van der Waals surface area (Å²) in [6.07, 6.45) is 2.02. The fourth-order valence-corrected chi connectivity index (χ4v) is 2.67. The van der Waals surface area contributed by atoms with Crippen LogP contribution in [0.2, 0.25) is 0 Å². The molecule has 0 aliphatic carbocycles. The summed E-state index contributed by atoms with van der Waals surface area (Å²) in [4.78, 5) is 5.96. The number of nitrogens with zero attached hydrogens (tertiary/aromatic N) is 1. The molecule has 0 spiro atoms. The Morgan fingerprint density at radius 2 is 1.78 bits per heavy atom. The SMILES string of the molecule is CC(C)(C)[C@H](c1ccc[nH]1)N1CCNCC1.Cl.Cl. The molecule has 2 heterocycles. The van der Waals surface area contributed by atoms with Crippen LogP contribution in [0, 0.1) is 5.41 Å². The molecule has 1 aliphatic rings. The van der Waals surface area contributed by atoms with Gasteiger partial charge in [0.1, 0.15) is 0 Å². The molecule has 0 unspecified atom stereocenters. The number of H-pyrrole nitrogens is 1. The van der Waals surface area contributed by atoms with Crippen molar-refractivity contribution in [3.8, 4) is 0 Å². The number of rotatable bonds is 2. The van der Waals surface area contributed by atoms with Gasteiger partial charge >= 0.3 is 0 Å². The zero-order valence-electron chi connectivity index (χ0n) is 11.4. The molecule has 0 amide bonds. The van der Waals surface area contributed by atoms with Crippen LogP contribution in [0.3, 0.4) is 0 Å². The Bertz CT molecular complexity index is 313. The Hall–Kier alpha value is -0.220. The lowest BCUT2D eigenvalue weighted by Gasteiger charge is -2.41. The molecular formula is C13H25Cl2N3. The molecule has 5 heteroatoms. The van der Waals surface area contributed by atoms with Crippen molar-refractivity contribution < 1.29 is 0 Å². The van der Waals surface area contributed by atoms with Crippen LogP contribution in [0.15, 0.2) is 18.3 Å². The molecule has 0 radical (unpaired) electrons. The van der Waals surface area contributed by atoms with Gasteiger partial charge in [0, 0.05) is 38.1 Å². The molecule has 3 nitrogen and oxygen atoms in total. The summed E-state index contributed by atoms with van der Waals surface area (Å²) in [6.45, 7) is 11.4. The Morgan fingerprint density at radius 3 is 2.22 bits per heavy atom. The highest BCUT2D eigenvalue weighted by Crippen LogP contribution is 2.37. The molecule has 2 N–H and O–H groups in total. The third-order valence-corrected chi connectivity index (χ3v) is 3.25. The predicted molar refractivity (Wildman–Crippen MR) is 81.9 cm³/mol. The lowest BCUT2D eigenvalue weighted by Crippen LogP contribution is -2.48. The van der Waals surface area contributed by atoms with E-state index in [9.17, 15) is 0 Å². The van der Waals surface area contributed by atoms with Crippen LogP contribution in [0.25, 0.3) is 0 Å². The summed E-state index contributed by atoms with van der Waals surface area (Å²) in [6, 6.07) is 4.79. The smallest absolute Gasteiger partial charge is 0.0547 e. The van der Waals surface area contributed by atoms with Crippen molar-refractivity contribution >= 4 is 24.8 Å². The zero-order valence-corrected chi connectivity index (χ0v) is 13.0. The van der Waals surface area contributed by atoms with E-state index in [0.29, 0.717) is 6.04 Å². The van der Waals surface area contributed by atoms with Crippen molar-refractivity contribution in [2.24, 2.45) is 5.41 Å². The maximum Gasteiger partial charge on any atom is 0.0547 e. The summed E-state index contributed by atoms with van der Waals surface area (Å²) in [5.74, 6) is 0. The van der Waals surface area contributed by atoms with Crippen LogP contribution in [0.4, 0.5) is 0 Å². The first-order valence-electron chi connectivity index (χ1n) is 6.17. The fourth-order valence-electron chi connectivity index (χ4n) is 2.67. The molecule has 1 aromatic heterocycles. The van der Waals surface area contributed by atoms with Crippen LogP contribution < -0.4 is 5.32 Å². The van der Waals surface area contributed by atoms with Gasteiger partial charge in [0.25, 0.3) is 0 Å². The van der Waals surface area contributed by atoms with Crippen molar-refractivity contribution in [2.45, 2.75) is 26.8 Å². The summed E-state index contributed by atoms with van der Waals surface area (Å²) in [5.41, 5.74) is 1.61. The van der Waals surface area contributed by atoms with Crippen LogP contribution in [0.5, 0.6) is 0 Å². The average Bonchev–Trinajstić information content (AvgIpc) is 2.71. The van der Waals surface area contributed by atoms with Gasteiger partial charge < -0.3 is 10.3 Å². The first-order chi connectivity index (χ1) is 7.59. The van der Waals surface area contributed by atoms with Crippen molar-refractivity contribution in [3.63, 3.8) is 0 Å². The molecule has 1 saturated heterocycles. The molecule has 1 aromatic rings. The number of hydrogen-bond donors (Lipinski definition) is 2. The normalized spacial score (nSPS) is 18.6. The Kier molecular flexibility index (Phi) is 7.30. The van der Waals surface area contributed by atoms with Crippen molar-refractivity contribution in [1.29, 1.82) is 0 Å². The molecule has 1 fully saturated rings. The van der Waals surface area contributed by atoms with Gasteiger partial charge in [0.2, 0.25) is 0 Å². The maximum absolute atomic E-state index is 3.41. The lowest BCUT2D eigenvalue weighted by atomic mass is 9.83. The van der Waals surface area contributed by atoms with E-state index < -0.39 is 0 Å². The monoisotopic (exact) mass is 293 g/mol. The highest BCUT2D eigenvalue weighted by molar-refractivity contribution is 5.85. The minimum Gasteiger partial charge on any atom is -0.364 e. The van der Waals surface area contributed by atoms with E-state index in [1.807, 2.05) is 6.20 Å². The Balaban J connectivity index is 0.00000144. The molecule has 1 aliphatic heterocycles. The second-order valence-electron chi connectivity index (χ2n) is 5.68. The Labute approximate surface area is 123 Å². The van der Waals surface area contributed by atoms with E-state index in [2.05, 4.69) is 48.1 Å². The molecule has 1 atom stereocenters. The summed E-state index contributed by atoms with van der Waals surface area (Å²) < 4.78 is 0. The number of piperazine rings is 1. The molecule has 0 aromatic carbocycles. The van der Waals surface area contributed by atoms with E-state index in [1.165, 1.54) is 5.69 Å². The first kappa shape index (κ1) is 17.8. The Morgan fingerprint density at radius 1 is 1.17 bits per heavy atom. The predicted octanol–water partition coefficient (Wildman–Crippen LogP) is 2.85. The van der Waals surface area contributed by atoms with Crippen molar-refractivity contribution in [3.05, 3.63) is 24.0 Å². The second kappa shape index (κ2) is 7.39. The summed E-state index contributed by atoms with van der Waals surface area (Å²) >= 11 is 0. The summed E-state index contributed by atoms with van der Waals surface area (Å²) in [5, 5.41) is 3.41. The van der Waals surface area contributed by atoms with E-state index in [0.717, 1.165) is 26.2 Å². The molecule has 106 valence electrons. The van der Waals surface area contributed by atoms with Crippen LogP contribution >= 0.6 is 24.8 Å². The molecule has 0 saturated carbocycles. The first-order valence-corrected chi connectivity index (χ1v) is 6.17. The molecular weight excluding hydrogens is 269 g/mol. The van der Waals surface area contributed by atoms with Crippen molar-refractivity contribution in [1.82, 2.24) is 15.2 Å². The third kappa shape index (κ3) is 4.16. The quantitative estimate of drug-likeness (QED) is 0.879. The fraction of sp³-hybridized carbons (Fsp3) is 0.692. The molecule has 0 bridgehead atoms. The maximum atomic E-state index is 3.41. The van der Waals surface area contributed by atoms with Crippen molar-refractivity contribution in [2.75, 3.05) is 26.2 Å². The minimum atomic E-state index is 0. The second-order valence-corrected chi connectivity index (χ2v) is 5.68. The van der Waals surface area contributed by atoms with Gasteiger partial charge in [-0.25, -0.2) is 0 Å². The van der Waals surface area contributed by atoms with E-state index in [-0.39, 0.29) is 30.2 Å². The largest absolute Gasteiger partial charge is 0.364 e. The third-order valence-electron chi connectivity index (χ3n) is 3.25. The standard InChI is InChI=1S/C13H23N3.2ClH/c1-13(2,3)12(11-5-4-6-15-11)16-9-7-14-8-10-16;;/h4-6,12,14-15H,7-10H2,1-3H3;2*1H/t12-;;/m0../s1. The van der Waals surface area contributed by atoms with Gasteiger partial charge in [-0.2, -0.15) is 0 Å². The van der Waals surface area contributed by atoms with Crippen LogP contribution in [-0.4, -0.2) is 36.1 Å². The van der Waals surface area contributed by atoms with E-state index in [4.69, 9.17) is 0 Å². The van der Waals surface area contributed by atoms with Gasteiger partial charge in [-0.05, 0) is 17.5 Å². The highest BCUT2D eigenvalue weighted by Gasteiger charge is 2.32. The van der Waals surface area contributed by atoms with Gasteiger partial charge in [-0.15, -0.1) is 24.8 Å². The van der Waals surface area contributed by atoms with Gasteiger partial charge in [0.05, 0.1) is 6.04 Å². The zero-order chi connectivity index (χ0) is 11.6. The van der Waals surface area contributed by atoms with E-state index in [1.54, 1.807) is 0 Å². The van der Waals surface area contributed by atoms with E-state index >= 15 is 0 Å². The highest BCUT2D eigenvalue weighted by atomic mass is 35.5. The molecule has 2 rings (SSSR count). The van der Waals surface area contributed by atoms with Gasteiger partial charge in [-0.3, -0.25) is 4.90 Å². The molecule has 18 heavy (non-hydrogen) atoms.